The summed E-state index contributed by atoms with van der Waals surface area (Å²) in [7, 11) is 0. The molecule has 0 bridgehead atoms. The standard InChI is InChI=1S/C19H18ClN3O5S.Na.H2O/c1-8-11(12(22-28-8)9-6-4-5-7-10(9)20)15(24)21-13-16(25)23-14(18(26)27)19(2,3)29-17(13)23;;/h4-7,13-14,17H,1-3H3,(H,21,24)(H,26,27);;1H2/q;+1;/p-1/t13?,14?,17-;;/m1../s1. The van der Waals surface area contributed by atoms with Crippen molar-refractivity contribution in [2.75, 3.05) is 0 Å². The van der Waals surface area contributed by atoms with Gasteiger partial charge in [0.05, 0.1) is 17.0 Å². The molecule has 2 amide bonds. The second-order valence-electron chi connectivity index (χ2n) is 7.47. The van der Waals surface area contributed by atoms with E-state index in [9.17, 15) is 19.5 Å². The van der Waals surface area contributed by atoms with E-state index in [-0.39, 0.29) is 52.1 Å². The topological polar surface area (TPSA) is 147 Å². The Labute approximate surface area is 209 Å². The average molecular weight is 476 g/mol. The van der Waals surface area contributed by atoms with Gasteiger partial charge in [-0.2, -0.15) is 0 Å². The van der Waals surface area contributed by atoms with Crippen LogP contribution >= 0.6 is 23.4 Å². The first-order valence-corrected chi connectivity index (χ1v) is 10.1. The van der Waals surface area contributed by atoms with Crippen LogP contribution in [-0.4, -0.2) is 55.5 Å². The molecule has 4 rings (SSSR count). The molecule has 31 heavy (non-hydrogen) atoms. The van der Waals surface area contributed by atoms with Crippen molar-refractivity contribution >= 4 is 41.1 Å². The maximum atomic E-state index is 13.0. The van der Waals surface area contributed by atoms with Gasteiger partial charge < -0.3 is 30.1 Å². The van der Waals surface area contributed by atoms with Crippen LogP contribution in [0.3, 0.4) is 0 Å². The van der Waals surface area contributed by atoms with Gasteiger partial charge in [0.15, 0.2) is 0 Å². The number of aromatic nitrogens is 1. The van der Waals surface area contributed by atoms with Crippen molar-refractivity contribution in [3.05, 3.63) is 40.6 Å². The summed E-state index contributed by atoms with van der Waals surface area (Å²) >= 11 is 7.54. The van der Waals surface area contributed by atoms with Crippen molar-refractivity contribution in [1.82, 2.24) is 15.4 Å². The fourth-order valence-corrected chi connectivity index (χ4v) is 5.66. The number of aliphatic carboxylic acids is 1. The summed E-state index contributed by atoms with van der Waals surface area (Å²) in [5, 5.41) is 18.1. The Morgan fingerprint density at radius 2 is 1.97 bits per heavy atom. The van der Waals surface area contributed by atoms with Gasteiger partial charge in [-0.25, -0.2) is 0 Å². The van der Waals surface area contributed by atoms with Crippen molar-refractivity contribution in [2.24, 2.45) is 0 Å². The zero-order chi connectivity index (χ0) is 21.1. The van der Waals surface area contributed by atoms with Crippen LogP contribution in [0.4, 0.5) is 0 Å². The molecule has 2 fully saturated rings. The van der Waals surface area contributed by atoms with Crippen LogP contribution in [0, 0.1) is 6.92 Å². The summed E-state index contributed by atoms with van der Waals surface area (Å²) in [6.07, 6.45) is 0. The molecule has 9 nitrogen and oxygen atoms in total. The first kappa shape index (κ1) is 25.7. The van der Waals surface area contributed by atoms with Gasteiger partial charge in [-0.05, 0) is 26.8 Å². The van der Waals surface area contributed by atoms with E-state index in [2.05, 4.69) is 10.5 Å². The van der Waals surface area contributed by atoms with E-state index in [1.165, 1.54) is 16.7 Å². The first-order valence-electron chi connectivity index (χ1n) is 8.86. The van der Waals surface area contributed by atoms with E-state index in [1.54, 1.807) is 45.0 Å². The summed E-state index contributed by atoms with van der Waals surface area (Å²) in [6, 6.07) is 5.02. The molecule has 1 aromatic carbocycles. The number of nitrogens with one attached hydrogen (secondary N) is 1. The number of nitrogens with zero attached hydrogens (tertiary/aromatic N) is 2. The average Bonchev–Trinajstić information content (AvgIpc) is 3.15. The molecule has 2 aromatic rings. The molecule has 160 valence electrons. The number of carbonyl (C=O) groups is 3. The molecule has 3 atom stereocenters. The first-order chi connectivity index (χ1) is 13.6. The number of benzene rings is 1. The van der Waals surface area contributed by atoms with Crippen molar-refractivity contribution in [1.29, 1.82) is 0 Å². The van der Waals surface area contributed by atoms with Gasteiger partial charge in [0.25, 0.3) is 5.91 Å². The van der Waals surface area contributed by atoms with Crippen LogP contribution in [-0.2, 0) is 9.59 Å². The number of carbonyl (C=O) groups excluding carboxylic acids is 3. The van der Waals surface area contributed by atoms with Crippen molar-refractivity contribution in [3.63, 3.8) is 0 Å². The largest absolute Gasteiger partial charge is 1.00 e. The molecule has 3 heterocycles. The van der Waals surface area contributed by atoms with Crippen LogP contribution in [0.15, 0.2) is 28.8 Å². The van der Waals surface area contributed by atoms with Gasteiger partial charge in [-0.1, -0.05) is 35.0 Å². The molecule has 2 saturated heterocycles. The van der Waals surface area contributed by atoms with E-state index in [0.717, 1.165) is 0 Å². The molecule has 0 spiro atoms. The summed E-state index contributed by atoms with van der Waals surface area (Å²) in [4.78, 5) is 38.3. The van der Waals surface area contributed by atoms with Crippen LogP contribution in [0.2, 0.25) is 5.02 Å². The van der Waals surface area contributed by atoms with Crippen LogP contribution < -0.4 is 40.0 Å². The number of amides is 2. The second-order valence-corrected chi connectivity index (χ2v) is 9.65. The van der Waals surface area contributed by atoms with Gasteiger partial charge >= 0.3 is 29.6 Å². The number of fused-ring (bicyclic) bond motifs is 1. The Bertz CT molecular complexity index is 1050. The quantitative estimate of drug-likeness (QED) is 0.376. The number of halogens is 1. The predicted molar refractivity (Wildman–Crippen MR) is 108 cm³/mol. The third-order valence-electron chi connectivity index (χ3n) is 5.17. The SMILES string of the molecule is Cc1onc(-c2ccccc2Cl)c1C(=O)NC1C(=O)N2C(C(=O)[O-])C(C)(C)S[C@H]12.O.[Na+]. The van der Waals surface area contributed by atoms with Crippen molar-refractivity contribution in [2.45, 2.75) is 43.0 Å². The smallest absolute Gasteiger partial charge is 0.548 e. The Balaban J connectivity index is 0.00000171. The number of hydrogen-bond donors (Lipinski definition) is 1. The molecule has 3 N–H and O–H groups in total. The summed E-state index contributed by atoms with van der Waals surface area (Å²) in [5.41, 5.74) is 0.996. The Morgan fingerprint density at radius 1 is 1.32 bits per heavy atom. The fraction of sp³-hybridized carbons (Fsp3) is 0.368. The van der Waals surface area contributed by atoms with E-state index in [0.29, 0.717) is 10.6 Å². The van der Waals surface area contributed by atoms with Crippen LogP contribution in [0.5, 0.6) is 0 Å². The predicted octanol–water partition coefficient (Wildman–Crippen LogP) is -2.61. The number of carboxylic acids is 1. The van der Waals surface area contributed by atoms with Gasteiger partial charge in [0.1, 0.15) is 28.4 Å². The minimum atomic E-state index is -1.31. The monoisotopic (exact) mass is 475 g/mol. The molecular weight excluding hydrogens is 457 g/mol. The van der Waals surface area contributed by atoms with E-state index in [1.807, 2.05) is 0 Å². The van der Waals surface area contributed by atoms with Gasteiger partial charge in [-0.15, -0.1) is 11.8 Å². The molecule has 0 aliphatic carbocycles. The zero-order valence-electron chi connectivity index (χ0n) is 17.3. The molecule has 0 radical (unpaired) electrons. The maximum absolute atomic E-state index is 13.0. The summed E-state index contributed by atoms with van der Waals surface area (Å²) in [5.74, 6) is -2.01. The third-order valence-corrected chi connectivity index (χ3v) is 7.07. The Morgan fingerprint density at radius 3 is 2.58 bits per heavy atom. The molecule has 2 aliphatic heterocycles. The molecular formula is C19H19ClN3NaO6S. The van der Waals surface area contributed by atoms with E-state index < -0.39 is 40.0 Å². The van der Waals surface area contributed by atoms with Crippen molar-refractivity contribution in [3.8, 4) is 11.3 Å². The van der Waals surface area contributed by atoms with Crippen molar-refractivity contribution < 1.29 is 59.0 Å². The molecule has 0 saturated carbocycles. The fourth-order valence-electron chi connectivity index (χ4n) is 3.82. The van der Waals surface area contributed by atoms with Crippen LogP contribution in [0.1, 0.15) is 30.0 Å². The van der Waals surface area contributed by atoms with E-state index >= 15 is 0 Å². The van der Waals surface area contributed by atoms with Crippen LogP contribution in [0.25, 0.3) is 11.3 Å². The third kappa shape index (κ3) is 4.12. The number of thioether (sulfide) groups is 1. The molecule has 2 aliphatic rings. The van der Waals surface area contributed by atoms with Gasteiger partial charge in [-0.3, -0.25) is 9.59 Å². The molecule has 12 heteroatoms. The normalized spacial score (nSPS) is 23.2. The summed E-state index contributed by atoms with van der Waals surface area (Å²) in [6.45, 7) is 5.07. The number of hydrogen-bond acceptors (Lipinski definition) is 7. The summed E-state index contributed by atoms with van der Waals surface area (Å²) < 4.78 is 4.47. The van der Waals surface area contributed by atoms with Gasteiger partial charge in [0, 0.05) is 10.3 Å². The molecule has 2 unspecified atom stereocenters. The van der Waals surface area contributed by atoms with Gasteiger partial charge in [0.2, 0.25) is 5.91 Å². The number of β-lactam (4-membered cyclic amide) rings is 1. The number of rotatable bonds is 4. The zero-order valence-corrected chi connectivity index (χ0v) is 20.8. The second kappa shape index (κ2) is 9.13. The molecule has 1 aromatic heterocycles. The Hall–Kier alpha value is -1.56. The minimum Gasteiger partial charge on any atom is -0.548 e. The minimum absolute atomic E-state index is 0. The number of carboxylic acid groups (broad SMARTS) is 1. The van der Waals surface area contributed by atoms with E-state index in [4.69, 9.17) is 16.1 Å². The maximum Gasteiger partial charge on any atom is 1.00 e. The Kier molecular flexibility index (Phi) is 7.57. The number of aryl methyl sites for hydroxylation is 1.